The zero-order valence-corrected chi connectivity index (χ0v) is 16.8. The number of hydrogen-bond acceptors (Lipinski definition) is 5. The lowest BCUT2D eigenvalue weighted by atomic mass is 9.93. The number of carbonyl (C=O) groups is 1. The van der Waals surface area contributed by atoms with E-state index < -0.39 is 0 Å². The maximum absolute atomic E-state index is 12.4. The minimum Gasteiger partial charge on any atom is -0.464 e. The van der Waals surface area contributed by atoms with Crippen molar-refractivity contribution in [3.63, 3.8) is 0 Å². The fourth-order valence-corrected chi connectivity index (χ4v) is 3.80. The molecule has 5 nitrogen and oxygen atoms in total. The Morgan fingerprint density at radius 2 is 2.14 bits per heavy atom. The van der Waals surface area contributed by atoms with E-state index in [1.807, 2.05) is 24.5 Å². The molecule has 2 atom stereocenters. The van der Waals surface area contributed by atoms with Gasteiger partial charge in [-0.05, 0) is 68.3 Å². The fraction of sp³-hybridized carbons (Fsp3) is 0.522. The zero-order chi connectivity index (χ0) is 19.6. The van der Waals surface area contributed by atoms with Gasteiger partial charge in [-0.25, -0.2) is 0 Å². The first-order valence-electron chi connectivity index (χ1n) is 10.5. The summed E-state index contributed by atoms with van der Waals surface area (Å²) in [6, 6.07) is 8.06. The van der Waals surface area contributed by atoms with Gasteiger partial charge in [0.15, 0.2) is 0 Å². The molecule has 28 heavy (non-hydrogen) atoms. The normalized spacial score (nSPS) is 17.8. The predicted molar refractivity (Wildman–Crippen MR) is 110 cm³/mol. The number of hydrogen-bond donors (Lipinski definition) is 1. The Bertz CT molecular complexity index is 730. The number of piperidine rings is 1. The average molecular weight is 382 g/mol. The first kappa shape index (κ1) is 20.5. The Balaban J connectivity index is 1.56. The summed E-state index contributed by atoms with van der Waals surface area (Å²) in [6.45, 7) is 3.47. The monoisotopic (exact) mass is 381 g/mol. The summed E-state index contributed by atoms with van der Waals surface area (Å²) in [7, 11) is 0. The van der Waals surface area contributed by atoms with Crippen molar-refractivity contribution in [2.45, 2.75) is 63.8 Å². The van der Waals surface area contributed by atoms with Crippen LogP contribution < -0.4 is 5.32 Å². The molecule has 1 fully saturated rings. The van der Waals surface area contributed by atoms with Crippen molar-refractivity contribution in [1.29, 1.82) is 0 Å². The number of nitrogens with zero attached hydrogens (tertiary/aromatic N) is 2. The Kier molecular flexibility index (Phi) is 7.97. The van der Waals surface area contributed by atoms with E-state index >= 15 is 0 Å². The van der Waals surface area contributed by atoms with Crippen LogP contribution in [0.1, 0.15) is 61.8 Å². The molecule has 5 heteroatoms. The Hall–Kier alpha value is -2.27. The number of ether oxygens (including phenoxy) is 1. The molecule has 3 heterocycles. The van der Waals surface area contributed by atoms with Gasteiger partial charge >= 0.3 is 5.97 Å². The average Bonchev–Trinajstić information content (AvgIpc) is 2.76. The van der Waals surface area contributed by atoms with Crippen LogP contribution in [0.2, 0.25) is 0 Å². The lowest BCUT2D eigenvalue weighted by Gasteiger charge is -2.24. The second kappa shape index (κ2) is 10.9. The third kappa shape index (κ3) is 5.86. The largest absolute Gasteiger partial charge is 0.464 e. The lowest BCUT2D eigenvalue weighted by molar-refractivity contribution is -0.147. The van der Waals surface area contributed by atoms with Crippen LogP contribution in [0.15, 0.2) is 42.9 Å². The second-order valence-electron chi connectivity index (χ2n) is 7.49. The van der Waals surface area contributed by atoms with E-state index in [9.17, 15) is 4.79 Å². The molecule has 0 saturated carbocycles. The Morgan fingerprint density at radius 1 is 1.25 bits per heavy atom. The standard InChI is InChI=1S/C23H31N3O2/c1-2-19(17-28-23(27)22-11-3-4-14-26-22)20-10-7-15-25-21(20)12-5-8-18-9-6-13-24-16-18/h6-7,9-10,13,15-16,19,22,26H,2-5,8,11-12,14,17H2,1H3/t19?,22-/m0/s1. The molecule has 150 valence electrons. The summed E-state index contributed by atoms with van der Waals surface area (Å²) in [6.07, 6.45) is 12.5. The zero-order valence-electron chi connectivity index (χ0n) is 16.8. The molecule has 1 N–H and O–H groups in total. The van der Waals surface area contributed by atoms with E-state index in [4.69, 9.17) is 4.74 Å². The van der Waals surface area contributed by atoms with E-state index in [0.717, 1.165) is 57.2 Å². The van der Waals surface area contributed by atoms with Crippen LogP contribution in [0.4, 0.5) is 0 Å². The van der Waals surface area contributed by atoms with E-state index in [2.05, 4.69) is 34.3 Å². The maximum Gasteiger partial charge on any atom is 0.323 e. The van der Waals surface area contributed by atoms with Crippen molar-refractivity contribution < 1.29 is 9.53 Å². The molecule has 1 aliphatic heterocycles. The number of rotatable bonds is 9. The lowest BCUT2D eigenvalue weighted by Crippen LogP contribution is -2.41. The van der Waals surface area contributed by atoms with Crippen LogP contribution in [-0.2, 0) is 22.4 Å². The van der Waals surface area contributed by atoms with Crippen molar-refractivity contribution >= 4 is 5.97 Å². The van der Waals surface area contributed by atoms with Gasteiger partial charge in [0.2, 0.25) is 0 Å². The van der Waals surface area contributed by atoms with Crippen molar-refractivity contribution in [1.82, 2.24) is 15.3 Å². The Labute approximate surface area is 167 Å². The third-order valence-electron chi connectivity index (χ3n) is 5.48. The topological polar surface area (TPSA) is 64.1 Å². The highest BCUT2D eigenvalue weighted by Crippen LogP contribution is 2.24. The van der Waals surface area contributed by atoms with Crippen molar-refractivity contribution in [3.8, 4) is 0 Å². The highest BCUT2D eigenvalue weighted by Gasteiger charge is 2.23. The smallest absolute Gasteiger partial charge is 0.323 e. The van der Waals surface area contributed by atoms with Crippen LogP contribution in [0.5, 0.6) is 0 Å². The predicted octanol–water partition coefficient (Wildman–Crippen LogP) is 3.83. The van der Waals surface area contributed by atoms with Crippen molar-refractivity contribution in [3.05, 3.63) is 59.7 Å². The van der Waals surface area contributed by atoms with Gasteiger partial charge in [-0.3, -0.25) is 14.8 Å². The summed E-state index contributed by atoms with van der Waals surface area (Å²) in [5.74, 6) is 0.0785. The number of nitrogens with one attached hydrogen (secondary N) is 1. The minimum absolute atomic E-state index is 0.111. The summed E-state index contributed by atoms with van der Waals surface area (Å²) in [5.41, 5.74) is 3.58. The number of aryl methyl sites for hydroxylation is 2. The van der Waals surface area contributed by atoms with Gasteiger partial charge in [-0.1, -0.05) is 25.5 Å². The van der Waals surface area contributed by atoms with E-state index in [0.29, 0.717) is 6.61 Å². The van der Waals surface area contributed by atoms with Gasteiger partial charge < -0.3 is 10.1 Å². The number of aromatic nitrogens is 2. The molecule has 0 spiro atoms. The number of pyridine rings is 2. The van der Waals surface area contributed by atoms with E-state index in [1.165, 1.54) is 11.1 Å². The van der Waals surface area contributed by atoms with E-state index in [1.54, 1.807) is 6.20 Å². The highest BCUT2D eigenvalue weighted by atomic mass is 16.5. The SMILES string of the molecule is CCC(COC(=O)[C@@H]1CCCCN1)c1cccnc1CCCc1cccnc1. The minimum atomic E-state index is -0.140. The second-order valence-corrected chi connectivity index (χ2v) is 7.49. The highest BCUT2D eigenvalue weighted by molar-refractivity contribution is 5.75. The van der Waals surface area contributed by atoms with Crippen LogP contribution in [-0.4, -0.2) is 35.1 Å². The first-order valence-corrected chi connectivity index (χ1v) is 10.5. The van der Waals surface area contributed by atoms with Crippen LogP contribution in [0.25, 0.3) is 0 Å². The fourth-order valence-electron chi connectivity index (χ4n) is 3.80. The molecule has 2 aromatic heterocycles. The number of esters is 1. The van der Waals surface area contributed by atoms with Gasteiger partial charge in [0.25, 0.3) is 0 Å². The summed E-state index contributed by atoms with van der Waals surface area (Å²) in [4.78, 5) is 21.2. The van der Waals surface area contributed by atoms with Gasteiger partial charge in [0, 0.05) is 30.2 Å². The van der Waals surface area contributed by atoms with Gasteiger partial charge in [0.05, 0.1) is 6.61 Å². The molecule has 0 aliphatic carbocycles. The quantitative estimate of drug-likeness (QED) is 0.669. The van der Waals surface area contributed by atoms with Crippen LogP contribution in [0, 0.1) is 0 Å². The van der Waals surface area contributed by atoms with Crippen LogP contribution in [0.3, 0.4) is 0 Å². The summed E-state index contributed by atoms with van der Waals surface area (Å²) >= 11 is 0. The molecule has 1 aliphatic rings. The maximum atomic E-state index is 12.4. The van der Waals surface area contributed by atoms with E-state index in [-0.39, 0.29) is 17.9 Å². The van der Waals surface area contributed by atoms with Gasteiger partial charge in [-0.2, -0.15) is 0 Å². The van der Waals surface area contributed by atoms with Crippen LogP contribution >= 0.6 is 0 Å². The molecule has 0 bridgehead atoms. The molecule has 0 aromatic carbocycles. The molecule has 1 unspecified atom stereocenters. The molecule has 0 radical (unpaired) electrons. The molecule has 3 rings (SSSR count). The number of carbonyl (C=O) groups excluding carboxylic acids is 1. The third-order valence-corrected chi connectivity index (χ3v) is 5.48. The molecule has 0 amide bonds. The van der Waals surface area contributed by atoms with Gasteiger partial charge in [-0.15, -0.1) is 0 Å². The molecular formula is C23H31N3O2. The Morgan fingerprint density at radius 3 is 2.89 bits per heavy atom. The van der Waals surface area contributed by atoms with Crippen molar-refractivity contribution in [2.75, 3.05) is 13.2 Å². The molecular weight excluding hydrogens is 350 g/mol. The first-order chi connectivity index (χ1) is 13.8. The summed E-state index contributed by atoms with van der Waals surface area (Å²) in [5, 5.41) is 3.26. The van der Waals surface area contributed by atoms with Crippen molar-refractivity contribution in [2.24, 2.45) is 0 Å². The molecule has 1 saturated heterocycles. The van der Waals surface area contributed by atoms with Gasteiger partial charge in [0.1, 0.15) is 6.04 Å². The molecule has 2 aromatic rings. The summed E-state index contributed by atoms with van der Waals surface area (Å²) < 4.78 is 5.68.